The van der Waals surface area contributed by atoms with Crippen LogP contribution in [0.2, 0.25) is 0 Å². The van der Waals surface area contributed by atoms with Crippen molar-refractivity contribution in [3.05, 3.63) is 0 Å². The average Bonchev–Trinajstić information content (AvgIpc) is 2.04. The van der Waals surface area contributed by atoms with Crippen molar-refractivity contribution in [2.24, 2.45) is 5.73 Å². The molecule has 0 rings (SSSR count). The van der Waals surface area contributed by atoms with E-state index in [0.29, 0.717) is 6.54 Å². The predicted octanol–water partition coefficient (Wildman–Crippen LogP) is 0.823. The summed E-state index contributed by atoms with van der Waals surface area (Å²) in [7, 11) is 0. The largest absolute Gasteiger partial charge is 0.338 e. The van der Waals surface area contributed by atoms with Crippen molar-refractivity contribution < 1.29 is 4.79 Å². The summed E-state index contributed by atoms with van der Waals surface area (Å²) >= 11 is 0. The smallest absolute Gasteiger partial charge is 0.315 e. The second kappa shape index (κ2) is 5.80. The van der Waals surface area contributed by atoms with E-state index < -0.39 is 0 Å². The van der Waals surface area contributed by atoms with Gasteiger partial charge in [-0.05, 0) is 20.3 Å². The van der Waals surface area contributed by atoms with E-state index in [1.807, 2.05) is 13.8 Å². The Morgan fingerprint density at radius 2 is 2.08 bits per heavy atom. The van der Waals surface area contributed by atoms with Gasteiger partial charge in [-0.2, -0.15) is 0 Å². The molecule has 4 heteroatoms. The van der Waals surface area contributed by atoms with Crippen LogP contribution >= 0.6 is 0 Å². The number of rotatable bonds is 5. The fourth-order valence-corrected chi connectivity index (χ4v) is 0.781. The van der Waals surface area contributed by atoms with Crippen LogP contribution < -0.4 is 16.4 Å². The first-order chi connectivity index (χ1) is 6.02. The first-order valence-corrected chi connectivity index (χ1v) is 4.78. The Morgan fingerprint density at radius 3 is 2.54 bits per heavy atom. The quantitative estimate of drug-likeness (QED) is 0.558. The van der Waals surface area contributed by atoms with Gasteiger partial charge in [0, 0.05) is 18.6 Å². The molecule has 78 valence electrons. The van der Waals surface area contributed by atoms with Crippen LogP contribution in [0.15, 0.2) is 0 Å². The fourth-order valence-electron chi connectivity index (χ4n) is 0.781. The van der Waals surface area contributed by atoms with Crippen LogP contribution in [0.3, 0.4) is 0 Å². The first-order valence-electron chi connectivity index (χ1n) is 4.78. The number of hydrogen-bond acceptors (Lipinski definition) is 2. The molecule has 2 amide bonds. The van der Waals surface area contributed by atoms with E-state index in [4.69, 9.17) is 5.73 Å². The van der Waals surface area contributed by atoms with Crippen LogP contribution in [0.5, 0.6) is 0 Å². The molecule has 0 aromatic carbocycles. The zero-order valence-corrected chi connectivity index (χ0v) is 8.81. The SMILES string of the molecule is CCCCNC(=O)NC(C)(C)CN. The molecule has 13 heavy (non-hydrogen) atoms. The molecule has 0 aliphatic rings. The minimum absolute atomic E-state index is 0.135. The van der Waals surface area contributed by atoms with E-state index in [9.17, 15) is 4.79 Å². The molecule has 0 aliphatic carbocycles. The Labute approximate surface area is 80.3 Å². The number of nitrogens with two attached hydrogens (primary N) is 1. The minimum Gasteiger partial charge on any atom is -0.338 e. The van der Waals surface area contributed by atoms with Gasteiger partial charge < -0.3 is 16.4 Å². The molecule has 0 unspecified atom stereocenters. The highest BCUT2D eigenvalue weighted by molar-refractivity contribution is 5.74. The molecular formula is C9H21N3O. The molecule has 0 aliphatic heterocycles. The predicted molar refractivity (Wildman–Crippen MR) is 54.6 cm³/mol. The summed E-state index contributed by atoms with van der Waals surface area (Å²) in [5, 5.41) is 5.56. The average molecular weight is 187 g/mol. The van der Waals surface area contributed by atoms with Gasteiger partial charge in [0.1, 0.15) is 0 Å². The third-order valence-corrected chi connectivity index (χ3v) is 1.78. The zero-order valence-electron chi connectivity index (χ0n) is 8.81. The van der Waals surface area contributed by atoms with Gasteiger partial charge in [-0.1, -0.05) is 13.3 Å². The maximum atomic E-state index is 11.2. The van der Waals surface area contributed by atoms with Crippen LogP contribution in [0, 0.1) is 0 Å². The first kappa shape index (κ1) is 12.2. The molecule has 4 N–H and O–H groups in total. The number of unbranched alkanes of at least 4 members (excludes halogenated alkanes) is 1. The molecule has 0 aromatic heterocycles. The van der Waals surface area contributed by atoms with Crippen LogP contribution in [0.4, 0.5) is 4.79 Å². The van der Waals surface area contributed by atoms with E-state index in [1.165, 1.54) is 0 Å². The van der Waals surface area contributed by atoms with Crippen molar-refractivity contribution in [3.8, 4) is 0 Å². The van der Waals surface area contributed by atoms with Crippen LogP contribution in [-0.2, 0) is 0 Å². The topological polar surface area (TPSA) is 67.2 Å². The van der Waals surface area contributed by atoms with E-state index in [0.717, 1.165) is 19.4 Å². The maximum Gasteiger partial charge on any atom is 0.315 e. The monoisotopic (exact) mass is 187 g/mol. The summed E-state index contributed by atoms with van der Waals surface area (Å²) in [6, 6.07) is -0.135. The number of carbonyl (C=O) groups is 1. The van der Waals surface area contributed by atoms with Crippen molar-refractivity contribution in [1.82, 2.24) is 10.6 Å². The summed E-state index contributed by atoms with van der Waals surface area (Å²) in [4.78, 5) is 11.2. The van der Waals surface area contributed by atoms with Crippen molar-refractivity contribution in [2.45, 2.75) is 39.2 Å². The molecule has 0 heterocycles. The van der Waals surface area contributed by atoms with E-state index in [-0.39, 0.29) is 11.6 Å². The Hall–Kier alpha value is -0.770. The van der Waals surface area contributed by atoms with E-state index in [2.05, 4.69) is 17.6 Å². The molecule has 0 saturated carbocycles. The van der Waals surface area contributed by atoms with Gasteiger partial charge in [0.05, 0.1) is 0 Å². The number of nitrogens with one attached hydrogen (secondary N) is 2. The van der Waals surface area contributed by atoms with Crippen molar-refractivity contribution in [1.29, 1.82) is 0 Å². The maximum absolute atomic E-state index is 11.2. The van der Waals surface area contributed by atoms with Gasteiger partial charge in [0.15, 0.2) is 0 Å². The summed E-state index contributed by atoms with van der Waals surface area (Å²) in [6.45, 7) is 7.04. The second-order valence-corrected chi connectivity index (χ2v) is 3.82. The van der Waals surface area contributed by atoms with Crippen molar-refractivity contribution in [3.63, 3.8) is 0 Å². The lowest BCUT2D eigenvalue weighted by Gasteiger charge is -2.24. The molecule has 4 nitrogen and oxygen atoms in total. The molecule has 0 atom stereocenters. The van der Waals surface area contributed by atoms with Gasteiger partial charge in [-0.25, -0.2) is 4.79 Å². The summed E-state index contributed by atoms with van der Waals surface area (Å²) < 4.78 is 0. The Balaban J connectivity index is 3.62. The molecule has 0 aromatic rings. The Kier molecular flexibility index (Phi) is 5.46. The Morgan fingerprint density at radius 1 is 1.46 bits per heavy atom. The lowest BCUT2D eigenvalue weighted by Crippen LogP contribution is -2.52. The van der Waals surface area contributed by atoms with Gasteiger partial charge in [0.25, 0.3) is 0 Å². The molecule has 0 saturated heterocycles. The summed E-state index contributed by atoms with van der Waals surface area (Å²) in [6.07, 6.45) is 2.09. The third kappa shape index (κ3) is 6.40. The van der Waals surface area contributed by atoms with Crippen molar-refractivity contribution >= 4 is 6.03 Å². The minimum atomic E-state index is -0.323. The van der Waals surface area contributed by atoms with E-state index >= 15 is 0 Å². The van der Waals surface area contributed by atoms with Gasteiger partial charge >= 0.3 is 6.03 Å². The highest BCUT2D eigenvalue weighted by atomic mass is 16.2. The third-order valence-electron chi connectivity index (χ3n) is 1.78. The second-order valence-electron chi connectivity index (χ2n) is 3.82. The molecule has 0 bridgehead atoms. The Bertz CT molecular complexity index is 157. The van der Waals surface area contributed by atoms with Crippen molar-refractivity contribution in [2.75, 3.05) is 13.1 Å². The van der Waals surface area contributed by atoms with Gasteiger partial charge in [-0.3, -0.25) is 0 Å². The van der Waals surface area contributed by atoms with Crippen LogP contribution in [-0.4, -0.2) is 24.7 Å². The molecule has 0 fully saturated rings. The number of amides is 2. The molecular weight excluding hydrogens is 166 g/mol. The molecule has 0 spiro atoms. The highest BCUT2D eigenvalue weighted by Crippen LogP contribution is 1.97. The van der Waals surface area contributed by atoms with Gasteiger partial charge in [-0.15, -0.1) is 0 Å². The lowest BCUT2D eigenvalue weighted by atomic mass is 10.1. The standard InChI is InChI=1S/C9H21N3O/c1-4-5-6-11-8(13)12-9(2,3)7-10/h4-7,10H2,1-3H3,(H2,11,12,13). The fraction of sp³-hybridized carbons (Fsp3) is 0.889. The summed E-state index contributed by atoms with van der Waals surface area (Å²) in [5.74, 6) is 0. The number of urea groups is 1. The number of carbonyl (C=O) groups excluding carboxylic acids is 1. The zero-order chi connectivity index (χ0) is 10.3. The van der Waals surface area contributed by atoms with Crippen LogP contribution in [0.1, 0.15) is 33.6 Å². The summed E-state index contributed by atoms with van der Waals surface area (Å²) in [5.41, 5.74) is 5.14. The number of hydrogen-bond donors (Lipinski definition) is 3. The van der Waals surface area contributed by atoms with Gasteiger partial charge in [0.2, 0.25) is 0 Å². The van der Waals surface area contributed by atoms with E-state index in [1.54, 1.807) is 0 Å². The lowest BCUT2D eigenvalue weighted by molar-refractivity contribution is 0.230. The molecule has 0 radical (unpaired) electrons. The van der Waals surface area contributed by atoms with Crippen LogP contribution in [0.25, 0.3) is 0 Å². The highest BCUT2D eigenvalue weighted by Gasteiger charge is 2.17. The normalized spacial score (nSPS) is 11.1.